The summed E-state index contributed by atoms with van der Waals surface area (Å²) in [6.07, 6.45) is 0.809. The Balaban J connectivity index is 3.71. The van der Waals surface area contributed by atoms with Gasteiger partial charge in [0.05, 0.1) is 12.4 Å². The third-order valence-corrected chi connectivity index (χ3v) is 3.67. The zero-order valence-corrected chi connectivity index (χ0v) is 10.8. The molecular formula is C7H13F3O6S2. The highest BCUT2D eigenvalue weighted by molar-refractivity contribution is 7.87. The van der Waals surface area contributed by atoms with E-state index in [1.165, 1.54) is 0 Å². The molecule has 0 fully saturated rings. The van der Waals surface area contributed by atoms with Gasteiger partial charge >= 0.3 is 15.6 Å². The van der Waals surface area contributed by atoms with Crippen molar-refractivity contribution in [3.8, 4) is 0 Å². The molecule has 0 radical (unpaired) electrons. The summed E-state index contributed by atoms with van der Waals surface area (Å²) in [6, 6.07) is 0. The molecule has 0 rings (SSSR count). The van der Waals surface area contributed by atoms with Crippen LogP contribution in [0.1, 0.15) is 25.7 Å². The number of halogens is 3. The summed E-state index contributed by atoms with van der Waals surface area (Å²) < 4.78 is 88.8. The molecule has 0 aliphatic heterocycles. The maximum absolute atomic E-state index is 11.8. The van der Waals surface area contributed by atoms with Crippen LogP contribution in [0.2, 0.25) is 0 Å². The Labute approximate surface area is 103 Å². The lowest BCUT2D eigenvalue weighted by atomic mass is 10.2. The summed E-state index contributed by atoms with van der Waals surface area (Å²) in [5.41, 5.74) is -5.43. The molecule has 110 valence electrons. The Kier molecular flexibility index (Phi) is 6.54. The largest absolute Gasteiger partial charge is 0.523 e. The number of unbranched alkanes of at least 4 members (excludes halogenated alkanes) is 3. The molecule has 0 atom stereocenters. The summed E-state index contributed by atoms with van der Waals surface area (Å²) in [5.74, 6) is -0.436. The zero-order valence-electron chi connectivity index (χ0n) is 9.18. The number of rotatable bonds is 8. The van der Waals surface area contributed by atoms with Crippen molar-refractivity contribution in [1.29, 1.82) is 0 Å². The Bertz CT molecular complexity index is 438. The maximum Gasteiger partial charge on any atom is 0.523 e. The van der Waals surface area contributed by atoms with Crippen molar-refractivity contribution in [3.05, 3.63) is 0 Å². The maximum atomic E-state index is 11.8. The van der Waals surface area contributed by atoms with E-state index in [2.05, 4.69) is 4.18 Å². The molecular weight excluding hydrogens is 301 g/mol. The van der Waals surface area contributed by atoms with Crippen LogP contribution in [-0.2, 0) is 24.4 Å². The van der Waals surface area contributed by atoms with Gasteiger partial charge in [0, 0.05) is 0 Å². The second-order valence-electron chi connectivity index (χ2n) is 3.42. The Morgan fingerprint density at radius 3 is 1.89 bits per heavy atom. The van der Waals surface area contributed by atoms with Gasteiger partial charge in [-0.1, -0.05) is 12.8 Å². The molecule has 0 aromatic carbocycles. The molecule has 0 bridgehead atoms. The van der Waals surface area contributed by atoms with Gasteiger partial charge in [0.15, 0.2) is 0 Å². The van der Waals surface area contributed by atoms with Crippen LogP contribution in [-0.4, -0.2) is 39.3 Å². The molecule has 18 heavy (non-hydrogen) atoms. The number of hydrogen-bond acceptors (Lipinski definition) is 5. The first kappa shape index (κ1) is 17.6. The minimum Gasteiger partial charge on any atom is -0.286 e. The van der Waals surface area contributed by atoms with Crippen LogP contribution in [0.3, 0.4) is 0 Å². The van der Waals surface area contributed by atoms with Crippen molar-refractivity contribution in [1.82, 2.24) is 0 Å². The number of hydrogen-bond donors (Lipinski definition) is 1. The van der Waals surface area contributed by atoms with Crippen LogP contribution >= 0.6 is 0 Å². The van der Waals surface area contributed by atoms with Crippen molar-refractivity contribution in [2.24, 2.45) is 0 Å². The van der Waals surface area contributed by atoms with Crippen LogP contribution in [0.5, 0.6) is 0 Å². The van der Waals surface area contributed by atoms with Crippen molar-refractivity contribution in [2.75, 3.05) is 12.4 Å². The van der Waals surface area contributed by atoms with Crippen LogP contribution in [0.4, 0.5) is 13.2 Å². The van der Waals surface area contributed by atoms with Gasteiger partial charge in [0.25, 0.3) is 10.1 Å². The molecule has 0 aliphatic rings. The lowest BCUT2D eigenvalue weighted by molar-refractivity contribution is -0.0542. The fourth-order valence-corrected chi connectivity index (χ4v) is 2.02. The zero-order chi connectivity index (χ0) is 14.4. The van der Waals surface area contributed by atoms with E-state index in [4.69, 9.17) is 4.55 Å². The SMILES string of the molecule is O=S(=O)(O)CCCCCCOS(=O)(=O)C(F)(F)F. The fourth-order valence-electron chi connectivity index (χ4n) is 0.976. The van der Waals surface area contributed by atoms with Gasteiger partial charge < -0.3 is 0 Å². The normalized spacial score (nSPS) is 13.8. The van der Waals surface area contributed by atoms with Gasteiger partial charge in [-0.2, -0.15) is 30.0 Å². The lowest BCUT2D eigenvalue weighted by Crippen LogP contribution is -2.25. The molecule has 0 unspecified atom stereocenters. The highest BCUT2D eigenvalue weighted by Gasteiger charge is 2.47. The molecule has 0 spiro atoms. The molecule has 0 amide bonds. The first-order valence-corrected chi connectivity index (χ1v) is 7.88. The van der Waals surface area contributed by atoms with Gasteiger partial charge in [0.1, 0.15) is 0 Å². The summed E-state index contributed by atoms with van der Waals surface area (Å²) in [7, 11) is -9.58. The first-order chi connectivity index (χ1) is 7.96. The average Bonchev–Trinajstić information content (AvgIpc) is 2.12. The molecule has 0 saturated heterocycles. The predicted octanol–water partition coefficient (Wildman–Crippen LogP) is 1.30. The third kappa shape index (κ3) is 7.84. The van der Waals surface area contributed by atoms with Gasteiger partial charge in [-0.25, -0.2) is 0 Å². The van der Waals surface area contributed by atoms with Gasteiger partial charge in [-0.15, -0.1) is 0 Å². The molecule has 0 aromatic rings. The fraction of sp³-hybridized carbons (Fsp3) is 1.00. The standard InChI is InChI=1S/C7H13F3O6S2/c8-7(9,10)18(14,15)16-5-3-1-2-4-6-17(11,12)13/h1-6H2,(H,11,12,13). The van der Waals surface area contributed by atoms with Crippen molar-refractivity contribution < 1.29 is 38.7 Å². The van der Waals surface area contributed by atoms with Crippen LogP contribution < -0.4 is 0 Å². The Hall–Kier alpha value is -0.390. The van der Waals surface area contributed by atoms with Crippen molar-refractivity contribution >= 4 is 20.2 Å². The number of alkyl halides is 3. The average molecular weight is 314 g/mol. The van der Waals surface area contributed by atoms with E-state index in [1.807, 2.05) is 0 Å². The smallest absolute Gasteiger partial charge is 0.286 e. The van der Waals surface area contributed by atoms with E-state index in [1.54, 1.807) is 0 Å². The third-order valence-electron chi connectivity index (χ3n) is 1.82. The molecule has 0 saturated carbocycles. The van der Waals surface area contributed by atoms with Crippen molar-refractivity contribution in [2.45, 2.75) is 31.2 Å². The van der Waals surface area contributed by atoms with E-state index >= 15 is 0 Å². The monoisotopic (exact) mass is 314 g/mol. The van der Waals surface area contributed by atoms with Gasteiger partial charge in [0.2, 0.25) is 0 Å². The highest BCUT2D eigenvalue weighted by atomic mass is 32.2. The lowest BCUT2D eigenvalue weighted by Gasteiger charge is -2.07. The summed E-state index contributed by atoms with van der Waals surface area (Å²) in [5, 5.41) is 0. The second kappa shape index (κ2) is 6.68. The Morgan fingerprint density at radius 2 is 1.44 bits per heavy atom. The minimum absolute atomic E-state index is 0.0424. The summed E-state index contributed by atoms with van der Waals surface area (Å²) >= 11 is 0. The molecule has 1 N–H and O–H groups in total. The topological polar surface area (TPSA) is 97.7 Å². The first-order valence-electron chi connectivity index (χ1n) is 4.86. The quantitative estimate of drug-likeness (QED) is 0.314. The summed E-state index contributed by atoms with van der Waals surface area (Å²) in [4.78, 5) is 0. The molecule has 0 aromatic heterocycles. The van der Waals surface area contributed by atoms with Gasteiger partial charge in [-0.3, -0.25) is 8.74 Å². The predicted molar refractivity (Wildman–Crippen MR) is 55.8 cm³/mol. The molecule has 11 heteroatoms. The second-order valence-corrected chi connectivity index (χ2v) is 6.60. The van der Waals surface area contributed by atoms with E-state index in [0.29, 0.717) is 12.8 Å². The van der Waals surface area contributed by atoms with Crippen LogP contribution in [0.15, 0.2) is 0 Å². The molecule has 6 nitrogen and oxygen atoms in total. The van der Waals surface area contributed by atoms with E-state index in [9.17, 15) is 30.0 Å². The van der Waals surface area contributed by atoms with E-state index < -0.39 is 38.1 Å². The van der Waals surface area contributed by atoms with Crippen LogP contribution in [0.25, 0.3) is 0 Å². The molecule has 0 heterocycles. The van der Waals surface area contributed by atoms with E-state index in [0.717, 1.165) is 0 Å². The van der Waals surface area contributed by atoms with Gasteiger partial charge in [-0.05, 0) is 12.8 Å². The highest BCUT2D eigenvalue weighted by Crippen LogP contribution is 2.24. The minimum atomic E-state index is -5.55. The van der Waals surface area contributed by atoms with E-state index in [-0.39, 0.29) is 12.8 Å². The molecule has 0 aliphatic carbocycles. The van der Waals surface area contributed by atoms with Crippen LogP contribution in [0, 0.1) is 0 Å². The van der Waals surface area contributed by atoms with Crippen molar-refractivity contribution in [3.63, 3.8) is 0 Å². The Morgan fingerprint density at radius 1 is 0.944 bits per heavy atom. The summed E-state index contributed by atoms with van der Waals surface area (Å²) in [6.45, 7) is -0.617.